The zero-order chi connectivity index (χ0) is 14.7. The summed E-state index contributed by atoms with van der Waals surface area (Å²) in [5.74, 6) is -0.972. The molecule has 0 bridgehead atoms. The minimum atomic E-state index is -0.972. The van der Waals surface area contributed by atoms with Gasteiger partial charge in [0.25, 0.3) is 0 Å². The van der Waals surface area contributed by atoms with E-state index in [1.165, 1.54) is 12.8 Å². The molecule has 20 heavy (non-hydrogen) atoms. The molecular formula is C15H22N2O2S. The van der Waals surface area contributed by atoms with Crippen LogP contribution in [0.2, 0.25) is 0 Å². The molecule has 5 heteroatoms. The van der Waals surface area contributed by atoms with Crippen LogP contribution in [0.5, 0.6) is 0 Å². The van der Waals surface area contributed by atoms with Crippen molar-refractivity contribution in [3.05, 3.63) is 23.3 Å². The summed E-state index contributed by atoms with van der Waals surface area (Å²) in [6.45, 7) is 1.85. The summed E-state index contributed by atoms with van der Waals surface area (Å²) < 4.78 is 0. The molecule has 0 spiro atoms. The lowest BCUT2D eigenvalue weighted by atomic mass is 9.94. The molecule has 0 radical (unpaired) electrons. The number of rotatable bonds is 4. The lowest BCUT2D eigenvalue weighted by Gasteiger charge is -2.29. The average molecular weight is 294 g/mol. The number of anilines is 2. The molecule has 1 saturated carbocycles. The van der Waals surface area contributed by atoms with Crippen molar-refractivity contribution in [2.45, 2.75) is 43.9 Å². The molecule has 1 aromatic carbocycles. The summed E-state index contributed by atoms with van der Waals surface area (Å²) >= 11 is 1.92. The van der Waals surface area contributed by atoms with E-state index in [-0.39, 0.29) is 5.56 Å². The van der Waals surface area contributed by atoms with E-state index >= 15 is 0 Å². The molecule has 4 nitrogen and oxygen atoms in total. The van der Waals surface area contributed by atoms with Crippen LogP contribution in [0.4, 0.5) is 11.4 Å². The van der Waals surface area contributed by atoms with Gasteiger partial charge in [0.1, 0.15) is 0 Å². The van der Waals surface area contributed by atoms with Crippen molar-refractivity contribution in [3.8, 4) is 0 Å². The van der Waals surface area contributed by atoms with Crippen LogP contribution in [0.1, 0.15) is 41.6 Å². The highest BCUT2D eigenvalue weighted by atomic mass is 32.2. The maximum atomic E-state index is 11.2. The number of nitrogens with two attached hydrogens (primary N) is 1. The number of thioether (sulfide) groups is 1. The second-order valence-electron chi connectivity index (χ2n) is 5.43. The first-order chi connectivity index (χ1) is 9.51. The fraction of sp³-hybridized carbons (Fsp3) is 0.533. The third-order valence-corrected chi connectivity index (χ3v) is 5.04. The Morgan fingerprint density at radius 1 is 1.45 bits per heavy atom. The predicted molar refractivity (Wildman–Crippen MR) is 85.7 cm³/mol. The molecule has 0 heterocycles. The Labute approximate surface area is 124 Å². The molecule has 2 unspecified atom stereocenters. The van der Waals surface area contributed by atoms with Gasteiger partial charge in [-0.3, -0.25) is 0 Å². The molecule has 0 aromatic heterocycles. The Balaban J connectivity index is 2.15. The topological polar surface area (TPSA) is 75.3 Å². The summed E-state index contributed by atoms with van der Waals surface area (Å²) in [6.07, 6.45) is 6.93. The van der Waals surface area contributed by atoms with Gasteiger partial charge in [0, 0.05) is 22.7 Å². The minimum Gasteiger partial charge on any atom is -0.478 e. The van der Waals surface area contributed by atoms with Crippen LogP contribution < -0.4 is 11.1 Å². The van der Waals surface area contributed by atoms with Crippen LogP contribution in [0.3, 0.4) is 0 Å². The SMILES string of the molecule is CSC1CCCC(Nc2cc(C)c(N)c(C(=O)O)c2)C1. The predicted octanol–water partition coefficient (Wildman–Crippen LogP) is 3.36. The van der Waals surface area contributed by atoms with Crippen LogP contribution >= 0.6 is 11.8 Å². The first kappa shape index (κ1) is 15.0. The molecule has 1 aliphatic rings. The van der Waals surface area contributed by atoms with Crippen molar-refractivity contribution in [2.24, 2.45) is 0 Å². The molecule has 4 N–H and O–H groups in total. The van der Waals surface area contributed by atoms with E-state index in [1.54, 1.807) is 6.07 Å². The van der Waals surface area contributed by atoms with Gasteiger partial charge in [-0.2, -0.15) is 11.8 Å². The van der Waals surface area contributed by atoms with Gasteiger partial charge in [0.15, 0.2) is 0 Å². The number of aryl methyl sites for hydroxylation is 1. The first-order valence-electron chi connectivity index (χ1n) is 6.94. The van der Waals surface area contributed by atoms with Crippen LogP contribution in [0.15, 0.2) is 12.1 Å². The maximum absolute atomic E-state index is 11.2. The van der Waals surface area contributed by atoms with Crippen LogP contribution in [0.25, 0.3) is 0 Å². The number of hydrogen-bond donors (Lipinski definition) is 3. The second-order valence-corrected chi connectivity index (χ2v) is 6.56. The zero-order valence-corrected chi connectivity index (χ0v) is 12.8. The molecule has 2 rings (SSSR count). The number of nitrogen functional groups attached to an aromatic ring is 1. The largest absolute Gasteiger partial charge is 0.478 e. The van der Waals surface area contributed by atoms with Gasteiger partial charge in [0.2, 0.25) is 0 Å². The van der Waals surface area contributed by atoms with E-state index in [0.29, 0.717) is 17.0 Å². The Kier molecular flexibility index (Phi) is 4.81. The first-order valence-corrected chi connectivity index (χ1v) is 8.22. The van der Waals surface area contributed by atoms with Crippen molar-refractivity contribution in [2.75, 3.05) is 17.3 Å². The number of aromatic carboxylic acids is 1. The van der Waals surface area contributed by atoms with Gasteiger partial charge >= 0.3 is 5.97 Å². The van der Waals surface area contributed by atoms with Crippen molar-refractivity contribution >= 4 is 29.1 Å². The fourth-order valence-corrected chi connectivity index (χ4v) is 3.61. The molecule has 1 aromatic rings. The van der Waals surface area contributed by atoms with E-state index in [1.807, 2.05) is 24.8 Å². The number of hydrogen-bond acceptors (Lipinski definition) is 4. The van der Waals surface area contributed by atoms with Crippen LogP contribution in [-0.2, 0) is 0 Å². The summed E-state index contributed by atoms with van der Waals surface area (Å²) in [4.78, 5) is 11.2. The van der Waals surface area contributed by atoms with Crippen molar-refractivity contribution in [1.29, 1.82) is 0 Å². The van der Waals surface area contributed by atoms with Gasteiger partial charge < -0.3 is 16.2 Å². The molecule has 0 aliphatic heterocycles. The number of carboxylic acids is 1. The number of nitrogens with one attached hydrogen (secondary N) is 1. The Bertz CT molecular complexity index is 505. The molecule has 110 valence electrons. The third kappa shape index (κ3) is 3.39. The molecule has 1 aliphatic carbocycles. The number of carbonyl (C=O) groups is 1. The van der Waals surface area contributed by atoms with E-state index in [0.717, 1.165) is 24.1 Å². The average Bonchev–Trinajstić information content (AvgIpc) is 2.42. The normalized spacial score (nSPS) is 22.5. The molecule has 1 fully saturated rings. The minimum absolute atomic E-state index is 0.185. The van der Waals surface area contributed by atoms with Gasteiger partial charge in [-0.25, -0.2) is 4.79 Å². The Morgan fingerprint density at radius 3 is 2.85 bits per heavy atom. The fourth-order valence-electron chi connectivity index (χ4n) is 2.78. The summed E-state index contributed by atoms with van der Waals surface area (Å²) in [6, 6.07) is 4.00. The molecular weight excluding hydrogens is 272 g/mol. The highest BCUT2D eigenvalue weighted by Gasteiger charge is 2.21. The van der Waals surface area contributed by atoms with Crippen LogP contribution in [-0.4, -0.2) is 28.6 Å². The molecule has 0 amide bonds. The second kappa shape index (κ2) is 6.39. The standard InChI is InChI=1S/C15H22N2O2S/c1-9-6-11(8-13(14(9)16)15(18)19)17-10-4-3-5-12(7-10)20-2/h6,8,10,12,17H,3-5,7,16H2,1-2H3,(H,18,19). The maximum Gasteiger partial charge on any atom is 0.337 e. The van der Waals surface area contributed by atoms with Gasteiger partial charge in [0.05, 0.1) is 5.56 Å². The van der Waals surface area contributed by atoms with Crippen molar-refractivity contribution < 1.29 is 9.90 Å². The molecule has 0 saturated heterocycles. The van der Waals surface area contributed by atoms with Gasteiger partial charge in [-0.05, 0) is 50.1 Å². The highest BCUT2D eigenvalue weighted by Crippen LogP contribution is 2.30. The summed E-state index contributed by atoms with van der Waals surface area (Å²) in [7, 11) is 0. The van der Waals surface area contributed by atoms with E-state index in [9.17, 15) is 9.90 Å². The lowest BCUT2D eigenvalue weighted by molar-refractivity contribution is 0.0698. The molecule has 2 atom stereocenters. The third-order valence-electron chi connectivity index (χ3n) is 3.95. The van der Waals surface area contributed by atoms with E-state index in [2.05, 4.69) is 11.6 Å². The van der Waals surface area contributed by atoms with Crippen molar-refractivity contribution in [1.82, 2.24) is 0 Å². The number of carboxylic acid groups (broad SMARTS) is 1. The number of benzene rings is 1. The Morgan fingerprint density at radius 2 is 2.20 bits per heavy atom. The monoisotopic (exact) mass is 294 g/mol. The lowest BCUT2D eigenvalue weighted by Crippen LogP contribution is -2.28. The zero-order valence-electron chi connectivity index (χ0n) is 12.0. The summed E-state index contributed by atoms with van der Waals surface area (Å²) in [5, 5.41) is 13.4. The Hall–Kier alpha value is -1.36. The smallest absolute Gasteiger partial charge is 0.337 e. The highest BCUT2D eigenvalue weighted by molar-refractivity contribution is 7.99. The quantitative estimate of drug-likeness (QED) is 0.742. The van der Waals surface area contributed by atoms with Gasteiger partial charge in [-0.1, -0.05) is 6.42 Å². The van der Waals surface area contributed by atoms with Crippen molar-refractivity contribution in [3.63, 3.8) is 0 Å². The summed E-state index contributed by atoms with van der Waals surface area (Å²) in [5.41, 5.74) is 8.03. The van der Waals surface area contributed by atoms with E-state index in [4.69, 9.17) is 5.73 Å². The van der Waals surface area contributed by atoms with Crippen LogP contribution in [0, 0.1) is 6.92 Å². The van der Waals surface area contributed by atoms with Gasteiger partial charge in [-0.15, -0.1) is 0 Å². The van der Waals surface area contributed by atoms with E-state index < -0.39 is 5.97 Å².